The second-order valence-corrected chi connectivity index (χ2v) is 8.31. The highest BCUT2D eigenvalue weighted by molar-refractivity contribution is 6.16. The van der Waals surface area contributed by atoms with Gasteiger partial charge in [-0.2, -0.15) is 0 Å². The van der Waals surface area contributed by atoms with E-state index in [9.17, 15) is 0 Å². The fourth-order valence-electron chi connectivity index (χ4n) is 4.39. The maximum absolute atomic E-state index is 8.40. The molecule has 0 unspecified atom stereocenters. The maximum atomic E-state index is 8.40. The van der Waals surface area contributed by atoms with E-state index < -0.39 is 0 Å². The van der Waals surface area contributed by atoms with Gasteiger partial charge < -0.3 is 16.0 Å². The van der Waals surface area contributed by atoms with Crippen molar-refractivity contribution in [1.82, 2.24) is 9.97 Å². The van der Waals surface area contributed by atoms with Crippen LogP contribution in [0, 0.1) is 24.2 Å². The first-order valence-electron chi connectivity index (χ1n) is 11.8. The Kier molecular flexibility index (Phi) is 6.98. The number of benzene rings is 2. The number of aromatic nitrogens is 2. The van der Waals surface area contributed by atoms with Crippen molar-refractivity contribution in [2.24, 2.45) is 0 Å². The summed E-state index contributed by atoms with van der Waals surface area (Å²) in [4.78, 5) is 10.7. The Morgan fingerprint density at radius 1 is 1.14 bits per heavy atom. The molecule has 0 saturated heterocycles. The van der Waals surface area contributed by atoms with Crippen molar-refractivity contribution in [2.75, 3.05) is 22.5 Å². The number of nitrogens with two attached hydrogens (primary N) is 1. The van der Waals surface area contributed by atoms with E-state index in [1.807, 2.05) is 6.92 Å². The van der Waals surface area contributed by atoms with E-state index in [1.165, 1.54) is 17.5 Å². The Hall–Kier alpha value is -4.37. The summed E-state index contributed by atoms with van der Waals surface area (Å²) in [5.41, 5.74) is 14.4. The molecule has 2 aromatic carbocycles. The molecule has 0 saturated carbocycles. The molecule has 0 aliphatic carbocycles. The summed E-state index contributed by atoms with van der Waals surface area (Å²) >= 11 is 0. The van der Waals surface area contributed by atoms with Crippen molar-refractivity contribution in [1.29, 1.82) is 5.41 Å². The maximum Gasteiger partial charge on any atom is 0.142 e. The lowest BCUT2D eigenvalue weighted by atomic mass is 9.93. The lowest BCUT2D eigenvalue weighted by molar-refractivity contribution is 1.04. The lowest BCUT2D eigenvalue weighted by Crippen LogP contribution is -2.29. The van der Waals surface area contributed by atoms with E-state index in [0.29, 0.717) is 24.3 Å². The van der Waals surface area contributed by atoms with E-state index in [0.717, 1.165) is 34.6 Å². The quantitative estimate of drug-likeness (QED) is 0.325. The molecule has 0 spiro atoms. The van der Waals surface area contributed by atoms with E-state index >= 15 is 0 Å². The molecule has 4 N–H and O–H groups in total. The molecule has 1 aliphatic rings. The zero-order valence-corrected chi connectivity index (χ0v) is 20.4. The number of aryl methyl sites for hydroxylation is 2. The topological polar surface area (TPSA) is 90.9 Å². The number of anilines is 3. The van der Waals surface area contributed by atoms with Crippen molar-refractivity contribution in [2.45, 2.75) is 33.6 Å². The van der Waals surface area contributed by atoms with E-state index in [2.05, 4.69) is 101 Å². The van der Waals surface area contributed by atoms with Crippen LogP contribution in [0.2, 0.25) is 0 Å². The number of hydrogen-bond acceptors (Lipinski definition) is 6. The third-order valence-corrected chi connectivity index (χ3v) is 6.04. The molecule has 1 aromatic heterocycles. The van der Waals surface area contributed by atoms with Crippen molar-refractivity contribution in [3.63, 3.8) is 0 Å². The third kappa shape index (κ3) is 4.67. The van der Waals surface area contributed by atoms with Gasteiger partial charge in [0.1, 0.15) is 23.7 Å². The van der Waals surface area contributed by atoms with Gasteiger partial charge in [0.15, 0.2) is 0 Å². The molecule has 2 heterocycles. The van der Waals surface area contributed by atoms with Crippen LogP contribution in [0.15, 0.2) is 61.1 Å². The van der Waals surface area contributed by atoms with Crippen LogP contribution in [0.1, 0.15) is 48.1 Å². The van der Waals surface area contributed by atoms with Crippen molar-refractivity contribution in [3.05, 3.63) is 88.9 Å². The van der Waals surface area contributed by atoms with Crippen molar-refractivity contribution < 1.29 is 0 Å². The monoisotopic (exact) mass is 462 g/mol. The SMILES string of the molecule is C=C1c2c(C)cccc2C=C(CNc2ncnc(N)c2C(=N)C#CCC)N1c1ccccc1CC. The number of para-hydroxylation sites is 1. The van der Waals surface area contributed by atoms with E-state index in [-0.39, 0.29) is 11.5 Å². The minimum atomic E-state index is 0.101. The summed E-state index contributed by atoms with van der Waals surface area (Å²) in [6, 6.07) is 14.7. The Morgan fingerprint density at radius 3 is 2.71 bits per heavy atom. The van der Waals surface area contributed by atoms with Crippen LogP contribution in [-0.4, -0.2) is 22.2 Å². The number of rotatable bonds is 6. The Labute approximate surface area is 207 Å². The summed E-state index contributed by atoms with van der Waals surface area (Å²) in [6.45, 7) is 11.2. The third-order valence-electron chi connectivity index (χ3n) is 6.04. The smallest absolute Gasteiger partial charge is 0.142 e. The standard InChI is InChI=1S/C29H30N6/c1-5-7-14-24(30)27-28(31)33-18-34-29(27)32-17-23-16-22-13-10-11-19(3)26(22)20(4)35(23)25-15-9-8-12-21(25)6-2/h8-13,15-16,18,30H,4-6,17H2,1-3H3,(H3,31,32,33,34). The van der Waals surface area contributed by atoms with E-state index in [1.54, 1.807) is 0 Å². The Balaban J connectivity index is 1.77. The fraction of sp³-hybridized carbons (Fsp3) is 0.207. The zero-order valence-electron chi connectivity index (χ0n) is 20.4. The predicted molar refractivity (Wildman–Crippen MR) is 146 cm³/mol. The summed E-state index contributed by atoms with van der Waals surface area (Å²) in [7, 11) is 0. The predicted octanol–water partition coefficient (Wildman–Crippen LogP) is 5.65. The molecule has 4 rings (SSSR count). The van der Waals surface area contributed by atoms with Gasteiger partial charge in [0.2, 0.25) is 0 Å². The van der Waals surface area contributed by atoms with Crippen LogP contribution in [0.3, 0.4) is 0 Å². The molecule has 0 amide bonds. The van der Waals surface area contributed by atoms with Gasteiger partial charge in [0, 0.05) is 29.1 Å². The summed E-state index contributed by atoms with van der Waals surface area (Å²) < 4.78 is 0. The lowest BCUT2D eigenvalue weighted by Gasteiger charge is -2.36. The minimum absolute atomic E-state index is 0.101. The molecule has 3 aromatic rings. The highest BCUT2D eigenvalue weighted by Crippen LogP contribution is 2.39. The molecule has 6 nitrogen and oxygen atoms in total. The number of fused-ring (bicyclic) bond motifs is 1. The Bertz CT molecular complexity index is 1390. The normalized spacial score (nSPS) is 12.4. The van der Waals surface area contributed by atoms with Gasteiger partial charge in [-0.25, -0.2) is 9.97 Å². The van der Waals surface area contributed by atoms with Gasteiger partial charge >= 0.3 is 0 Å². The van der Waals surface area contributed by atoms with Gasteiger partial charge in [-0.1, -0.05) is 62.7 Å². The first-order valence-corrected chi connectivity index (χ1v) is 11.8. The molecule has 1 aliphatic heterocycles. The molecule has 0 radical (unpaired) electrons. The minimum Gasteiger partial charge on any atom is -0.383 e. The number of nitrogens with one attached hydrogen (secondary N) is 2. The van der Waals surface area contributed by atoms with Crippen LogP contribution < -0.4 is 16.0 Å². The second kappa shape index (κ2) is 10.3. The summed E-state index contributed by atoms with van der Waals surface area (Å²) in [6.07, 6.45) is 5.14. The van der Waals surface area contributed by atoms with Crippen LogP contribution in [-0.2, 0) is 6.42 Å². The number of nitrogens with zero attached hydrogens (tertiary/aromatic N) is 3. The largest absolute Gasteiger partial charge is 0.383 e. The average molecular weight is 463 g/mol. The first kappa shape index (κ1) is 23.8. The fourth-order valence-corrected chi connectivity index (χ4v) is 4.39. The first-order chi connectivity index (χ1) is 17.0. The van der Waals surface area contributed by atoms with Gasteiger partial charge in [-0.15, -0.1) is 0 Å². The van der Waals surface area contributed by atoms with Gasteiger partial charge in [-0.05, 0) is 48.1 Å². The van der Waals surface area contributed by atoms with Gasteiger partial charge in [0.05, 0.1) is 12.1 Å². The highest BCUT2D eigenvalue weighted by atomic mass is 15.2. The average Bonchev–Trinajstić information content (AvgIpc) is 2.86. The molecule has 0 fully saturated rings. The van der Waals surface area contributed by atoms with E-state index in [4.69, 9.17) is 11.1 Å². The van der Waals surface area contributed by atoms with Gasteiger partial charge in [0.25, 0.3) is 0 Å². The Morgan fingerprint density at radius 2 is 1.94 bits per heavy atom. The van der Waals surface area contributed by atoms with Crippen LogP contribution in [0.5, 0.6) is 0 Å². The molecule has 176 valence electrons. The summed E-state index contributed by atoms with van der Waals surface area (Å²) in [5, 5.41) is 11.8. The molecule has 0 bridgehead atoms. The molecule has 35 heavy (non-hydrogen) atoms. The molecule has 0 atom stereocenters. The summed E-state index contributed by atoms with van der Waals surface area (Å²) in [5.74, 6) is 6.48. The van der Waals surface area contributed by atoms with Crippen LogP contribution in [0.4, 0.5) is 17.3 Å². The van der Waals surface area contributed by atoms with Gasteiger partial charge in [-0.3, -0.25) is 5.41 Å². The van der Waals surface area contributed by atoms with Crippen molar-refractivity contribution >= 4 is 34.8 Å². The molecule has 6 heteroatoms. The zero-order chi connectivity index (χ0) is 24.9. The molecular formula is C29H30N6. The van der Waals surface area contributed by atoms with Crippen LogP contribution >= 0.6 is 0 Å². The van der Waals surface area contributed by atoms with Crippen molar-refractivity contribution in [3.8, 4) is 11.8 Å². The van der Waals surface area contributed by atoms with Crippen LogP contribution in [0.25, 0.3) is 11.8 Å². The second-order valence-electron chi connectivity index (χ2n) is 8.31. The molecular weight excluding hydrogens is 432 g/mol. The highest BCUT2D eigenvalue weighted by Gasteiger charge is 2.26. The number of hydrogen-bond donors (Lipinski definition) is 3. The number of nitrogen functional groups attached to an aromatic ring is 1.